The number of amides is 1. The van der Waals surface area contributed by atoms with Gasteiger partial charge in [0.05, 0.1) is 5.39 Å². The fraction of sp³-hybridized carbons (Fsp3) is 0.526. The minimum atomic E-state index is -0.00736. The third-order valence-corrected chi connectivity index (χ3v) is 5.45. The molecule has 0 aromatic carbocycles. The number of aromatic nitrogens is 3. The molecule has 2 aromatic heterocycles. The molecule has 2 aromatic rings. The molecule has 3 atom stereocenters. The van der Waals surface area contributed by atoms with Crippen LogP contribution in [0, 0.1) is 5.92 Å². The Balaban J connectivity index is 1.56. The molecule has 0 spiro atoms. The Kier molecular flexibility index (Phi) is 4.63. The van der Waals surface area contributed by atoms with Crippen LogP contribution in [0.15, 0.2) is 25.2 Å². The first-order valence-corrected chi connectivity index (χ1v) is 9.20. The van der Waals surface area contributed by atoms with Crippen LogP contribution >= 0.6 is 0 Å². The molecule has 0 radical (unpaired) electrons. The third kappa shape index (κ3) is 3.19. The second-order valence-electron chi connectivity index (χ2n) is 7.22. The molecule has 7 heteroatoms. The van der Waals surface area contributed by atoms with E-state index in [4.69, 9.17) is 4.74 Å². The molecule has 26 heavy (non-hydrogen) atoms. The van der Waals surface area contributed by atoms with Crippen molar-refractivity contribution in [2.24, 2.45) is 5.92 Å². The van der Waals surface area contributed by atoms with Crippen LogP contribution in [0.3, 0.4) is 0 Å². The van der Waals surface area contributed by atoms with Crippen molar-refractivity contribution < 1.29 is 9.53 Å². The van der Waals surface area contributed by atoms with E-state index in [1.54, 1.807) is 13.4 Å². The van der Waals surface area contributed by atoms with Gasteiger partial charge >= 0.3 is 0 Å². The second kappa shape index (κ2) is 7.07. The fourth-order valence-electron chi connectivity index (χ4n) is 4.03. The van der Waals surface area contributed by atoms with Crippen molar-refractivity contribution in [3.63, 3.8) is 0 Å². The first kappa shape index (κ1) is 17.0. The molecule has 0 bridgehead atoms. The lowest BCUT2D eigenvalue weighted by atomic mass is 10.0. The van der Waals surface area contributed by atoms with Crippen LogP contribution in [0.4, 0.5) is 5.82 Å². The van der Waals surface area contributed by atoms with Crippen molar-refractivity contribution in [1.82, 2.24) is 19.9 Å². The monoisotopic (exact) mass is 355 g/mol. The topological polar surface area (TPSA) is 83.1 Å². The Labute approximate surface area is 152 Å². The van der Waals surface area contributed by atoms with Crippen molar-refractivity contribution in [2.75, 3.05) is 32.1 Å². The first-order valence-electron chi connectivity index (χ1n) is 9.20. The number of rotatable bonds is 6. The van der Waals surface area contributed by atoms with Crippen molar-refractivity contribution in [3.05, 3.63) is 30.7 Å². The van der Waals surface area contributed by atoms with Crippen LogP contribution in [0.1, 0.15) is 30.7 Å². The zero-order chi connectivity index (χ0) is 18.1. The lowest BCUT2D eigenvalue weighted by Gasteiger charge is -2.33. The van der Waals surface area contributed by atoms with Gasteiger partial charge in [0.2, 0.25) is 5.91 Å². The molecule has 7 nitrogen and oxygen atoms in total. The number of aromatic amines is 1. The Morgan fingerprint density at radius 2 is 2.42 bits per heavy atom. The van der Waals surface area contributed by atoms with Crippen molar-refractivity contribution in [3.8, 4) is 0 Å². The van der Waals surface area contributed by atoms with E-state index in [0.29, 0.717) is 18.4 Å². The molecule has 138 valence electrons. The van der Waals surface area contributed by atoms with Gasteiger partial charge in [-0.1, -0.05) is 6.58 Å². The number of likely N-dealkylation sites (tertiary alicyclic amines) is 1. The normalized spacial score (nSPS) is 25.3. The van der Waals surface area contributed by atoms with Gasteiger partial charge in [-0.3, -0.25) is 4.79 Å². The molecule has 1 saturated heterocycles. The molecule has 1 aliphatic carbocycles. The van der Waals surface area contributed by atoms with Gasteiger partial charge in [0, 0.05) is 39.0 Å². The number of nitrogens with zero attached hydrogens (tertiary/aromatic N) is 3. The number of nitrogens with one attached hydrogen (secondary N) is 2. The van der Waals surface area contributed by atoms with Gasteiger partial charge in [0.25, 0.3) is 0 Å². The molecular weight excluding hydrogens is 330 g/mol. The number of fused-ring (bicyclic) bond motifs is 1. The molecule has 2 fully saturated rings. The Morgan fingerprint density at radius 1 is 1.54 bits per heavy atom. The van der Waals surface area contributed by atoms with E-state index in [1.807, 2.05) is 4.90 Å². The fourth-order valence-corrected chi connectivity index (χ4v) is 4.03. The van der Waals surface area contributed by atoms with Gasteiger partial charge in [-0.05, 0) is 42.7 Å². The molecular formula is C19H25N5O2. The number of carbonyl (C=O) groups excluding carboxylic acids is 1. The largest absolute Gasteiger partial charge is 0.384 e. The maximum Gasteiger partial charge on any atom is 0.246 e. The third-order valence-electron chi connectivity index (χ3n) is 5.45. The van der Waals surface area contributed by atoms with Gasteiger partial charge in [-0.2, -0.15) is 0 Å². The molecule has 2 N–H and O–H groups in total. The van der Waals surface area contributed by atoms with Crippen LogP contribution in [0.5, 0.6) is 0 Å². The summed E-state index contributed by atoms with van der Waals surface area (Å²) in [5.74, 6) is 1.92. The van der Waals surface area contributed by atoms with E-state index in [0.717, 1.165) is 49.3 Å². The van der Waals surface area contributed by atoms with Gasteiger partial charge < -0.3 is 19.9 Å². The predicted molar refractivity (Wildman–Crippen MR) is 100 cm³/mol. The number of carbonyl (C=O) groups is 1. The highest BCUT2D eigenvalue weighted by atomic mass is 16.5. The van der Waals surface area contributed by atoms with E-state index in [1.165, 1.54) is 11.6 Å². The van der Waals surface area contributed by atoms with Gasteiger partial charge in [-0.15, -0.1) is 0 Å². The number of anilines is 1. The Bertz CT molecular complexity index is 817. The highest BCUT2D eigenvalue weighted by molar-refractivity contribution is 5.91. The first-order chi connectivity index (χ1) is 12.7. The van der Waals surface area contributed by atoms with Crippen LogP contribution in [-0.4, -0.2) is 58.6 Å². The van der Waals surface area contributed by atoms with Gasteiger partial charge in [0.1, 0.15) is 17.8 Å². The van der Waals surface area contributed by atoms with Crippen molar-refractivity contribution >= 4 is 22.8 Å². The average molecular weight is 355 g/mol. The predicted octanol–water partition coefficient (Wildman–Crippen LogP) is 2.30. The molecule has 3 heterocycles. The number of piperidine rings is 1. The minimum Gasteiger partial charge on any atom is -0.384 e. The zero-order valence-electron chi connectivity index (χ0n) is 15.1. The summed E-state index contributed by atoms with van der Waals surface area (Å²) in [6, 6.07) is 0.183. The summed E-state index contributed by atoms with van der Waals surface area (Å²) in [4.78, 5) is 25.9. The second-order valence-corrected chi connectivity index (χ2v) is 7.22. The Hall–Kier alpha value is -2.41. The summed E-state index contributed by atoms with van der Waals surface area (Å²) < 4.78 is 5.30. The molecule has 1 amide bonds. The lowest BCUT2D eigenvalue weighted by Crippen LogP contribution is -2.44. The summed E-state index contributed by atoms with van der Waals surface area (Å²) in [5, 5.41) is 4.63. The van der Waals surface area contributed by atoms with Crippen LogP contribution in [-0.2, 0) is 9.53 Å². The molecule has 1 aliphatic heterocycles. The quantitative estimate of drug-likeness (QED) is 0.777. The van der Waals surface area contributed by atoms with E-state index in [9.17, 15) is 4.79 Å². The highest BCUT2D eigenvalue weighted by Crippen LogP contribution is 2.50. The molecule has 2 unspecified atom stereocenters. The maximum absolute atomic E-state index is 11.9. The molecule has 2 aliphatic rings. The Morgan fingerprint density at radius 3 is 3.23 bits per heavy atom. The zero-order valence-corrected chi connectivity index (χ0v) is 15.1. The van der Waals surface area contributed by atoms with Crippen molar-refractivity contribution in [1.29, 1.82) is 0 Å². The van der Waals surface area contributed by atoms with E-state index < -0.39 is 0 Å². The van der Waals surface area contributed by atoms with Crippen LogP contribution < -0.4 is 5.32 Å². The summed E-state index contributed by atoms with van der Waals surface area (Å²) >= 11 is 0. The van der Waals surface area contributed by atoms with E-state index in [-0.39, 0.29) is 11.9 Å². The summed E-state index contributed by atoms with van der Waals surface area (Å²) in [5.41, 5.74) is 2.12. The summed E-state index contributed by atoms with van der Waals surface area (Å²) in [7, 11) is 1.75. The van der Waals surface area contributed by atoms with Gasteiger partial charge in [0.15, 0.2) is 0 Å². The van der Waals surface area contributed by atoms with E-state index in [2.05, 4.69) is 33.0 Å². The summed E-state index contributed by atoms with van der Waals surface area (Å²) in [6.07, 6.45) is 8.16. The maximum atomic E-state index is 11.9. The van der Waals surface area contributed by atoms with Crippen LogP contribution in [0.25, 0.3) is 11.0 Å². The van der Waals surface area contributed by atoms with E-state index >= 15 is 0 Å². The number of methoxy groups -OCH3 is 1. The smallest absolute Gasteiger partial charge is 0.246 e. The molecule has 1 saturated carbocycles. The number of ether oxygens (including phenoxy) is 1. The SMILES string of the molecule is C=CC(=O)N1CCC[C@@H](Nc2ncnc3[nH]cc(C4CC4COC)c23)C1. The highest BCUT2D eigenvalue weighted by Gasteiger charge is 2.40. The molecule has 4 rings (SSSR count). The minimum absolute atomic E-state index is 0.00736. The lowest BCUT2D eigenvalue weighted by molar-refractivity contribution is -0.127. The van der Waals surface area contributed by atoms with Crippen LogP contribution in [0.2, 0.25) is 0 Å². The number of hydrogen-bond donors (Lipinski definition) is 2. The van der Waals surface area contributed by atoms with Crippen molar-refractivity contribution in [2.45, 2.75) is 31.2 Å². The average Bonchev–Trinajstić information content (AvgIpc) is 3.28. The summed E-state index contributed by atoms with van der Waals surface area (Å²) in [6.45, 7) is 5.84. The number of hydrogen-bond acceptors (Lipinski definition) is 5. The standard InChI is InChI=1S/C19H25N5O2/c1-3-16(25)24-6-4-5-13(9-24)23-19-17-15(14-7-12(14)10-26-2)8-20-18(17)21-11-22-19/h3,8,11-14H,1,4-7,9-10H2,2H3,(H2,20,21,22,23)/t12?,13-,14?/m1/s1. The van der Waals surface area contributed by atoms with Gasteiger partial charge in [-0.25, -0.2) is 9.97 Å². The number of H-pyrrole nitrogens is 1.